The van der Waals surface area contributed by atoms with Crippen LogP contribution in [0.5, 0.6) is 0 Å². The monoisotopic (exact) mass is 510 g/mol. The third-order valence-electron chi connectivity index (χ3n) is 6.21. The number of carbonyl (C=O) groups excluding carboxylic acids is 1. The fourth-order valence-electron chi connectivity index (χ4n) is 4.10. The van der Waals surface area contributed by atoms with E-state index in [2.05, 4.69) is 27.3 Å². The van der Waals surface area contributed by atoms with Gasteiger partial charge in [0.15, 0.2) is 5.13 Å². The number of aryl methyl sites for hydroxylation is 1. The molecule has 35 heavy (non-hydrogen) atoms. The normalized spacial score (nSPS) is 14.9. The van der Waals surface area contributed by atoms with E-state index < -0.39 is 15.9 Å². The van der Waals surface area contributed by atoms with Crippen molar-refractivity contribution >= 4 is 38.1 Å². The summed E-state index contributed by atoms with van der Waals surface area (Å²) in [4.78, 5) is 20.3. The van der Waals surface area contributed by atoms with Gasteiger partial charge in [0.25, 0.3) is 5.91 Å². The molecule has 1 saturated heterocycles. The van der Waals surface area contributed by atoms with E-state index >= 15 is 0 Å². The van der Waals surface area contributed by atoms with Crippen molar-refractivity contribution < 1.29 is 13.2 Å². The molecule has 0 spiro atoms. The Morgan fingerprint density at radius 1 is 1.23 bits per heavy atom. The van der Waals surface area contributed by atoms with E-state index in [0.29, 0.717) is 46.6 Å². The maximum absolute atomic E-state index is 13.0. The Hall–Kier alpha value is -3.24. The topological polar surface area (TPSA) is 128 Å². The molecule has 1 fully saturated rings. The molecule has 3 aromatic rings. The number of rotatable bonds is 7. The molecule has 0 radical (unpaired) electrons. The Morgan fingerprint density at radius 2 is 1.94 bits per heavy atom. The highest BCUT2D eigenvalue weighted by Gasteiger charge is 2.29. The van der Waals surface area contributed by atoms with Crippen molar-refractivity contribution in [2.75, 3.05) is 18.4 Å². The van der Waals surface area contributed by atoms with Gasteiger partial charge >= 0.3 is 0 Å². The van der Waals surface area contributed by atoms with Crippen LogP contribution in [0, 0.1) is 12.8 Å². The van der Waals surface area contributed by atoms with E-state index in [9.17, 15) is 13.2 Å². The number of amides is 1. The molecule has 11 heteroatoms. The number of piperidine rings is 1. The summed E-state index contributed by atoms with van der Waals surface area (Å²) >= 11 is 1.25. The summed E-state index contributed by atoms with van der Waals surface area (Å²) in [6.07, 6.45) is 2.82. The molecular formula is C24H26N6O3S2. The van der Waals surface area contributed by atoms with Gasteiger partial charge in [-0.05, 0) is 61.5 Å². The van der Waals surface area contributed by atoms with Gasteiger partial charge in [-0.2, -0.15) is 4.31 Å². The molecule has 2 heterocycles. The fourth-order valence-corrected chi connectivity index (χ4v) is 6.28. The number of azide groups is 1. The average Bonchev–Trinajstić information content (AvgIpc) is 3.33. The van der Waals surface area contributed by atoms with Crippen LogP contribution in [0.2, 0.25) is 0 Å². The smallest absolute Gasteiger partial charge is 0.257 e. The van der Waals surface area contributed by atoms with Gasteiger partial charge in [0.2, 0.25) is 10.0 Å². The molecule has 0 unspecified atom stereocenters. The zero-order valence-corrected chi connectivity index (χ0v) is 21.1. The first kappa shape index (κ1) is 24.9. The van der Waals surface area contributed by atoms with Crippen LogP contribution in [0.25, 0.3) is 21.7 Å². The number of aromatic nitrogens is 1. The number of carbonyl (C=O) groups is 1. The van der Waals surface area contributed by atoms with Crippen LogP contribution < -0.4 is 5.32 Å². The number of nitrogens with zero attached hydrogens (tertiary/aromatic N) is 5. The van der Waals surface area contributed by atoms with E-state index in [1.54, 1.807) is 11.4 Å². The third kappa shape index (κ3) is 5.54. The summed E-state index contributed by atoms with van der Waals surface area (Å²) in [6.45, 7) is 5.11. The van der Waals surface area contributed by atoms with E-state index in [1.165, 1.54) is 39.9 Å². The minimum Gasteiger partial charge on any atom is -0.298 e. The quantitative estimate of drug-likeness (QED) is 0.233. The summed E-state index contributed by atoms with van der Waals surface area (Å²) in [5, 5.41) is 8.63. The van der Waals surface area contributed by atoms with E-state index in [4.69, 9.17) is 5.53 Å². The zero-order chi connectivity index (χ0) is 25.0. The summed E-state index contributed by atoms with van der Waals surface area (Å²) in [6, 6.07) is 11.4. The molecule has 1 N–H and O–H groups in total. The second-order valence-electron chi connectivity index (χ2n) is 8.48. The van der Waals surface area contributed by atoms with Gasteiger partial charge in [-0.3, -0.25) is 10.1 Å². The third-order valence-corrected chi connectivity index (χ3v) is 8.88. The van der Waals surface area contributed by atoms with Crippen molar-refractivity contribution in [3.05, 3.63) is 69.4 Å². The Bertz CT molecular complexity index is 1370. The SMILES string of the molecule is CCC1CCN(S(=O)(=O)c2ccc(C(=O)Nc3nc(-c4cc(C)ccc4N=[N+]=[N-])cs3)cc2)CC1. The van der Waals surface area contributed by atoms with Gasteiger partial charge in [-0.25, -0.2) is 13.4 Å². The van der Waals surface area contributed by atoms with Gasteiger partial charge in [0, 0.05) is 40.2 Å². The second kappa shape index (κ2) is 10.6. The first-order valence-electron chi connectivity index (χ1n) is 11.3. The molecule has 182 valence electrons. The van der Waals surface area contributed by atoms with Crippen LogP contribution in [-0.4, -0.2) is 36.7 Å². The molecule has 0 saturated carbocycles. The van der Waals surface area contributed by atoms with Crippen LogP contribution in [0.15, 0.2) is 57.9 Å². The number of sulfonamides is 1. The molecule has 1 aliphatic heterocycles. The van der Waals surface area contributed by atoms with Gasteiger partial charge < -0.3 is 0 Å². The van der Waals surface area contributed by atoms with Crippen LogP contribution in [0.4, 0.5) is 10.8 Å². The Morgan fingerprint density at radius 3 is 2.60 bits per heavy atom. The van der Waals surface area contributed by atoms with E-state index in [-0.39, 0.29) is 4.90 Å². The van der Waals surface area contributed by atoms with Gasteiger partial charge in [0.05, 0.1) is 10.6 Å². The minimum absolute atomic E-state index is 0.186. The number of hydrogen-bond donors (Lipinski definition) is 1. The second-order valence-corrected chi connectivity index (χ2v) is 11.3. The predicted molar refractivity (Wildman–Crippen MR) is 137 cm³/mol. The molecule has 1 aromatic heterocycles. The predicted octanol–water partition coefficient (Wildman–Crippen LogP) is 6.12. The van der Waals surface area contributed by atoms with Crippen molar-refractivity contribution in [1.82, 2.24) is 9.29 Å². The molecule has 1 aliphatic rings. The van der Waals surface area contributed by atoms with Crippen LogP contribution >= 0.6 is 11.3 Å². The maximum atomic E-state index is 13.0. The van der Waals surface area contributed by atoms with E-state index in [1.807, 2.05) is 19.1 Å². The Labute approximate surface area is 208 Å². The average molecular weight is 511 g/mol. The summed E-state index contributed by atoms with van der Waals surface area (Å²) in [5.41, 5.74) is 11.9. The molecular weight excluding hydrogens is 484 g/mol. The lowest BCUT2D eigenvalue weighted by Crippen LogP contribution is -2.38. The number of anilines is 1. The number of thiazole rings is 1. The summed E-state index contributed by atoms with van der Waals surface area (Å²) < 4.78 is 27.5. The van der Waals surface area contributed by atoms with E-state index in [0.717, 1.165) is 24.8 Å². The highest BCUT2D eigenvalue weighted by atomic mass is 32.2. The van der Waals surface area contributed by atoms with Crippen LogP contribution in [0.3, 0.4) is 0 Å². The highest BCUT2D eigenvalue weighted by molar-refractivity contribution is 7.89. The summed E-state index contributed by atoms with van der Waals surface area (Å²) in [7, 11) is -3.58. The molecule has 2 aromatic carbocycles. The lowest BCUT2D eigenvalue weighted by molar-refractivity contribution is 0.102. The largest absolute Gasteiger partial charge is 0.298 e. The number of benzene rings is 2. The van der Waals surface area contributed by atoms with Crippen molar-refractivity contribution in [3.63, 3.8) is 0 Å². The highest BCUT2D eigenvalue weighted by Crippen LogP contribution is 2.33. The minimum atomic E-state index is -3.58. The molecule has 9 nitrogen and oxygen atoms in total. The molecule has 0 bridgehead atoms. The first-order chi connectivity index (χ1) is 16.8. The molecule has 0 aliphatic carbocycles. The van der Waals surface area contributed by atoms with Crippen molar-refractivity contribution in [1.29, 1.82) is 0 Å². The van der Waals surface area contributed by atoms with Gasteiger partial charge in [-0.1, -0.05) is 36.2 Å². The number of hydrogen-bond acceptors (Lipinski definition) is 6. The standard InChI is InChI=1S/C24H26N6O3S2/c1-3-17-10-12-30(13-11-17)35(32,33)19-7-5-18(6-8-19)23(31)27-24-26-22(15-34-24)20-14-16(2)4-9-21(20)28-29-25/h4-9,14-15,17H,3,10-13H2,1-2H3,(H,26,27,31). The lowest BCUT2D eigenvalue weighted by Gasteiger charge is -2.30. The maximum Gasteiger partial charge on any atom is 0.257 e. The van der Waals surface area contributed by atoms with Crippen LogP contribution in [0.1, 0.15) is 42.1 Å². The van der Waals surface area contributed by atoms with Crippen molar-refractivity contribution in [2.45, 2.75) is 38.0 Å². The molecule has 0 atom stereocenters. The van der Waals surface area contributed by atoms with Crippen molar-refractivity contribution in [2.24, 2.45) is 11.0 Å². The molecule has 1 amide bonds. The van der Waals surface area contributed by atoms with Crippen molar-refractivity contribution in [3.8, 4) is 11.3 Å². The van der Waals surface area contributed by atoms with Gasteiger partial charge in [-0.15, -0.1) is 11.3 Å². The Balaban J connectivity index is 1.46. The van der Waals surface area contributed by atoms with Gasteiger partial charge in [0.1, 0.15) is 0 Å². The fraction of sp³-hybridized carbons (Fsp3) is 0.333. The molecule has 4 rings (SSSR count). The zero-order valence-electron chi connectivity index (χ0n) is 19.5. The lowest BCUT2D eigenvalue weighted by atomic mass is 9.96. The summed E-state index contributed by atoms with van der Waals surface area (Å²) in [5.74, 6) is 0.189. The van der Waals surface area contributed by atoms with Crippen LogP contribution in [-0.2, 0) is 10.0 Å². The number of nitrogens with one attached hydrogen (secondary N) is 1. The first-order valence-corrected chi connectivity index (χ1v) is 13.7. The Kier molecular flexibility index (Phi) is 7.51.